The largest absolute Gasteiger partial charge is 0.358 e. The number of nitrogens with one attached hydrogen (secondary N) is 3. The van der Waals surface area contributed by atoms with Gasteiger partial charge in [-0.3, -0.25) is 5.32 Å². The molecule has 3 nitrogen and oxygen atoms in total. The minimum Gasteiger partial charge on any atom is -0.358 e. The maximum absolute atomic E-state index is 3.72. The van der Waals surface area contributed by atoms with Crippen molar-refractivity contribution in [2.45, 2.75) is 26.8 Å². The fraction of sp³-hybridized carbons (Fsp3) is 0.174. The first-order chi connectivity index (χ1) is 12.6. The van der Waals surface area contributed by atoms with Crippen LogP contribution in [0.4, 0.5) is 5.82 Å². The van der Waals surface area contributed by atoms with E-state index in [0.29, 0.717) is 0 Å². The molecule has 4 aromatic rings. The summed E-state index contributed by atoms with van der Waals surface area (Å²) >= 11 is 0. The number of aromatic amines is 2. The Kier molecular flexibility index (Phi) is 4.21. The Morgan fingerprint density at radius 2 is 1.65 bits per heavy atom. The molecule has 0 aliphatic heterocycles. The van der Waals surface area contributed by atoms with Crippen LogP contribution in [0.2, 0.25) is 0 Å². The monoisotopic (exact) mass is 342 g/mol. The van der Waals surface area contributed by atoms with E-state index in [2.05, 4.69) is 96.7 Å². The Morgan fingerprint density at radius 3 is 2.42 bits per heavy atom. The summed E-state index contributed by atoms with van der Waals surface area (Å²) in [6.45, 7) is 6.38. The fourth-order valence-electron chi connectivity index (χ4n) is 3.57. The van der Waals surface area contributed by atoms with E-state index in [1.165, 1.54) is 38.9 Å². The number of hydrogen-bond donors (Lipinski definition) is 2. The van der Waals surface area contributed by atoms with Crippen LogP contribution in [0.25, 0.3) is 10.9 Å². The summed E-state index contributed by atoms with van der Waals surface area (Å²) in [5.41, 5.74) is 7.40. The number of fused-ring (bicyclic) bond motifs is 1. The van der Waals surface area contributed by atoms with Crippen molar-refractivity contribution >= 4 is 16.7 Å². The minimum absolute atomic E-state index is 0.0600. The number of aromatic nitrogens is 2. The van der Waals surface area contributed by atoms with E-state index >= 15 is 0 Å². The zero-order valence-corrected chi connectivity index (χ0v) is 15.4. The highest BCUT2D eigenvalue weighted by atomic mass is 15.0. The first kappa shape index (κ1) is 16.4. The van der Waals surface area contributed by atoms with Gasteiger partial charge in [-0.25, -0.2) is 4.98 Å². The van der Waals surface area contributed by atoms with Crippen molar-refractivity contribution in [2.24, 2.45) is 0 Å². The predicted octanol–water partition coefficient (Wildman–Crippen LogP) is 5.11. The van der Waals surface area contributed by atoms with Gasteiger partial charge in [0.25, 0.3) is 5.82 Å². The molecule has 0 fully saturated rings. The number of para-hydroxylation sites is 1. The third-order valence-corrected chi connectivity index (χ3v) is 4.90. The summed E-state index contributed by atoms with van der Waals surface area (Å²) in [5.74, 6) is 1.01. The van der Waals surface area contributed by atoms with Crippen LogP contribution in [-0.4, -0.2) is 4.98 Å². The summed E-state index contributed by atoms with van der Waals surface area (Å²) in [7, 11) is 0. The van der Waals surface area contributed by atoms with E-state index in [4.69, 9.17) is 0 Å². The smallest absolute Gasteiger partial charge is 0.273 e. The Balaban J connectivity index is 1.87. The van der Waals surface area contributed by atoms with Gasteiger partial charge < -0.3 is 4.98 Å². The summed E-state index contributed by atoms with van der Waals surface area (Å²) in [5, 5.41) is 4.98. The zero-order valence-electron chi connectivity index (χ0n) is 15.4. The lowest BCUT2D eigenvalue weighted by Crippen LogP contribution is -2.19. The second-order valence-corrected chi connectivity index (χ2v) is 6.98. The molecule has 0 saturated heterocycles. The number of anilines is 1. The molecular formula is C23H24N3+. The second-order valence-electron chi connectivity index (χ2n) is 6.98. The molecule has 0 radical (unpaired) electrons. The van der Waals surface area contributed by atoms with Gasteiger partial charge in [0, 0.05) is 33.8 Å². The number of hydrogen-bond acceptors (Lipinski definition) is 1. The molecule has 1 unspecified atom stereocenters. The van der Waals surface area contributed by atoms with E-state index < -0.39 is 0 Å². The molecule has 0 aliphatic rings. The standard InChI is InChI=1S/C23H23N3/c1-15-8-10-18(11-9-15)23(26-21-14-16(2)12-13-24-21)22-17(3)25-20-7-5-4-6-19(20)22/h4-14,23,25H,1-3H3,(H,24,26)/p+1. The van der Waals surface area contributed by atoms with Gasteiger partial charge in [-0.1, -0.05) is 48.0 Å². The van der Waals surface area contributed by atoms with Crippen molar-refractivity contribution in [1.82, 2.24) is 4.98 Å². The molecule has 0 saturated carbocycles. The number of benzene rings is 2. The van der Waals surface area contributed by atoms with Crippen molar-refractivity contribution in [3.63, 3.8) is 0 Å². The van der Waals surface area contributed by atoms with Crippen LogP contribution in [0.3, 0.4) is 0 Å². The average Bonchev–Trinajstić information content (AvgIpc) is 2.96. The first-order valence-corrected chi connectivity index (χ1v) is 9.00. The minimum atomic E-state index is 0.0600. The van der Waals surface area contributed by atoms with Gasteiger partial charge in [-0.2, -0.15) is 0 Å². The average molecular weight is 342 g/mol. The normalized spacial score (nSPS) is 12.3. The van der Waals surface area contributed by atoms with Gasteiger partial charge in [0.2, 0.25) is 0 Å². The Labute approximate surface area is 154 Å². The first-order valence-electron chi connectivity index (χ1n) is 9.00. The molecule has 1 atom stereocenters. The van der Waals surface area contributed by atoms with Crippen molar-refractivity contribution in [3.8, 4) is 0 Å². The molecule has 2 aromatic carbocycles. The number of rotatable bonds is 4. The summed E-state index contributed by atoms with van der Waals surface area (Å²) in [6, 6.07) is 21.6. The molecule has 0 amide bonds. The molecule has 26 heavy (non-hydrogen) atoms. The van der Waals surface area contributed by atoms with Gasteiger partial charge in [0.15, 0.2) is 0 Å². The van der Waals surface area contributed by atoms with Crippen molar-refractivity contribution in [2.75, 3.05) is 5.32 Å². The number of pyridine rings is 1. The lowest BCUT2D eigenvalue weighted by molar-refractivity contribution is -0.361. The molecule has 3 heteroatoms. The Hall–Kier alpha value is -3.07. The highest BCUT2D eigenvalue weighted by Crippen LogP contribution is 2.34. The third kappa shape index (κ3) is 3.08. The highest BCUT2D eigenvalue weighted by Gasteiger charge is 2.25. The lowest BCUT2D eigenvalue weighted by atomic mass is 9.95. The quantitative estimate of drug-likeness (QED) is 0.532. The van der Waals surface area contributed by atoms with E-state index in [1.54, 1.807) is 0 Å². The van der Waals surface area contributed by atoms with Crippen LogP contribution >= 0.6 is 0 Å². The van der Waals surface area contributed by atoms with Gasteiger partial charge in [-0.15, -0.1) is 0 Å². The molecule has 0 spiro atoms. The van der Waals surface area contributed by atoms with E-state index in [9.17, 15) is 0 Å². The topological polar surface area (TPSA) is 42.0 Å². The van der Waals surface area contributed by atoms with Gasteiger partial charge in [0.05, 0.1) is 6.20 Å². The second kappa shape index (κ2) is 6.68. The van der Waals surface area contributed by atoms with E-state index in [-0.39, 0.29) is 6.04 Å². The SMILES string of the molecule is Cc1ccc(C(Nc2cc(C)cc[nH+]2)c2c(C)[nH]c3ccccc23)cc1. The summed E-state index contributed by atoms with van der Waals surface area (Å²) < 4.78 is 0. The van der Waals surface area contributed by atoms with Crippen LogP contribution in [-0.2, 0) is 0 Å². The van der Waals surface area contributed by atoms with Crippen molar-refractivity contribution < 1.29 is 4.98 Å². The maximum atomic E-state index is 3.72. The summed E-state index contributed by atoms with van der Waals surface area (Å²) in [4.78, 5) is 6.86. The van der Waals surface area contributed by atoms with Gasteiger partial charge in [0.1, 0.15) is 6.04 Å². The zero-order chi connectivity index (χ0) is 18.1. The van der Waals surface area contributed by atoms with Crippen LogP contribution in [0.5, 0.6) is 0 Å². The van der Waals surface area contributed by atoms with E-state index in [0.717, 1.165) is 5.82 Å². The molecule has 130 valence electrons. The molecule has 2 aromatic heterocycles. The van der Waals surface area contributed by atoms with Gasteiger partial charge >= 0.3 is 0 Å². The maximum Gasteiger partial charge on any atom is 0.273 e. The Bertz CT molecular complexity index is 1040. The lowest BCUT2D eigenvalue weighted by Gasteiger charge is -2.16. The van der Waals surface area contributed by atoms with Crippen LogP contribution in [0.15, 0.2) is 66.9 Å². The van der Waals surface area contributed by atoms with Gasteiger partial charge in [-0.05, 0) is 38.5 Å². The summed E-state index contributed by atoms with van der Waals surface area (Å²) in [6.07, 6.45) is 1.98. The van der Waals surface area contributed by atoms with E-state index in [1.807, 2.05) is 6.20 Å². The highest BCUT2D eigenvalue weighted by molar-refractivity contribution is 5.86. The molecular weight excluding hydrogens is 318 g/mol. The Morgan fingerprint density at radius 1 is 0.885 bits per heavy atom. The number of H-pyrrole nitrogens is 2. The molecule has 0 bridgehead atoms. The fourth-order valence-corrected chi connectivity index (χ4v) is 3.57. The van der Waals surface area contributed by atoms with Crippen LogP contribution in [0, 0.1) is 20.8 Å². The van der Waals surface area contributed by atoms with Crippen LogP contribution in [0.1, 0.15) is 34.0 Å². The molecule has 3 N–H and O–H groups in total. The molecule has 2 heterocycles. The van der Waals surface area contributed by atoms with Crippen molar-refractivity contribution in [1.29, 1.82) is 0 Å². The van der Waals surface area contributed by atoms with Crippen LogP contribution < -0.4 is 10.3 Å². The number of aryl methyl sites for hydroxylation is 3. The third-order valence-electron chi connectivity index (χ3n) is 4.90. The molecule has 4 rings (SSSR count). The predicted molar refractivity (Wildman–Crippen MR) is 107 cm³/mol. The van der Waals surface area contributed by atoms with Crippen molar-refractivity contribution in [3.05, 3.63) is 94.8 Å². The molecule has 0 aliphatic carbocycles.